The Bertz CT molecular complexity index is 974. The number of aromatic nitrogens is 1. The average molecular weight is 422 g/mol. The summed E-state index contributed by atoms with van der Waals surface area (Å²) in [5.41, 5.74) is 0.811. The molecule has 2 N–H and O–H groups in total. The fourth-order valence-electron chi connectivity index (χ4n) is 3.89. The van der Waals surface area contributed by atoms with Crippen LogP contribution in [0.5, 0.6) is 29.0 Å². The number of rotatable bonds is 8. The molecule has 1 saturated carbocycles. The number of carbonyl (C=O) groups excluding carboxylic acids is 1. The minimum absolute atomic E-state index is 0.0932. The largest absolute Gasteiger partial charge is 0.494 e. The molecule has 1 aliphatic rings. The highest BCUT2D eigenvalue weighted by Crippen LogP contribution is 2.43. The van der Waals surface area contributed by atoms with Gasteiger partial charge in [-0.25, -0.2) is 0 Å². The summed E-state index contributed by atoms with van der Waals surface area (Å²) in [5, 5.41) is 20.9. The number of nitrogens with zero attached hydrogens (tertiary/aromatic N) is 1. The highest BCUT2D eigenvalue weighted by Gasteiger charge is 2.32. The Hall–Kier alpha value is -2.87. The lowest BCUT2D eigenvalue weighted by atomic mass is 9.92. The Balaban J connectivity index is 1.69. The van der Waals surface area contributed by atoms with Crippen molar-refractivity contribution >= 4 is 5.97 Å². The highest BCUT2D eigenvalue weighted by molar-refractivity contribution is 5.70. The predicted molar refractivity (Wildman–Crippen MR) is 110 cm³/mol. The Morgan fingerprint density at radius 1 is 1.17 bits per heavy atom. The predicted octanol–water partition coefficient (Wildman–Crippen LogP) is 3.58. The second kappa shape index (κ2) is 9.75. The zero-order chi connectivity index (χ0) is 24.2. The molecule has 0 saturated heterocycles. The number of ether oxygens (including phenoxy) is 4. The Labute approximate surface area is 180 Å². The van der Waals surface area contributed by atoms with Gasteiger partial charge in [0.1, 0.15) is 0 Å². The van der Waals surface area contributed by atoms with Gasteiger partial charge >= 0.3 is 5.97 Å². The van der Waals surface area contributed by atoms with Crippen LogP contribution in [0.4, 0.5) is 0 Å². The average Bonchev–Trinajstić information content (AvgIpc) is 3.00. The standard InChI is InChI=1S/C22H29NO7/c1-14(24)30-20-13-21(25)23(22(20)26)16-6-4-5-7-17(16)29-11-10-15-8-9-18(27-2)19(12-15)28-3/h8-9,12-13,16-17,25-26H,4-7,10-11H2,1-3H3/t16-,17-/m1/s1/i3D3. The van der Waals surface area contributed by atoms with Gasteiger partial charge in [-0.05, 0) is 37.0 Å². The van der Waals surface area contributed by atoms with E-state index in [9.17, 15) is 15.0 Å². The van der Waals surface area contributed by atoms with Crippen molar-refractivity contribution in [2.24, 2.45) is 0 Å². The van der Waals surface area contributed by atoms with Crippen LogP contribution in [0.2, 0.25) is 0 Å². The van der Waals surface area contributed by atoms with Crippen molar-refractivity contribution in [1.82, 2.24) is 4.57 Å². The molecule has 0 spiro atoms. The third-order valence-corrected chi connectivity index (χ3v) is 5.27. The van der Waals surface area contributed by atoms with Crippen LogP contribution in [-0.2, 0) is 16.0 Å². The fraction of sp³-hybridized carbons (Fsp3) is 0.500. The van der Waals surface area contributed by atoms with Crippen molar-refractivity contribution in [3.05, 3.63) is 29.8 Å². The lowest BCUT2D eigenvalue weighted by Gasteiger charge is -2.33. The van der Waals surface area contributed by atoms with Gasteiger partial charge in [-0.1, -0.05) is 18.9 Å². The molecule has 8 heteroatoms. The highest BCUT2D eigenvalue weighted by atomic mass is 16.5. The van der Waals surface area contributed by atoms with Crippen molar-refractivity contribution in [3.8, 4) is 29.0 Å². The smallest absolute Gasteiger partial charge is 0.308 e. The monoisotopic (exact) mass is 422 g/mol. The summed E-state index contributed by atoms with van der Waals surface area (Å²) in [5.74, 6) is -0.753. The first-order chi connectivity index (χ1) is 15.6. The molecule has 2 atom stereocenters. The molecule has 0 aliphatic heterocycles. The zero-order valence-electron chi connectivity index (χ0n) is 20.1. The van der Waals surface area contributed by atoms with Crippen molar-refractivity contribution in [2.45, 2.75) is 51.2 Å². The number of aromatic hydroxyl groups is 2. The minimum Gasteiger partial charge on any atom is -0.494 e. The van der Waals surface area contributed by atoms with Crippen LogP contribution in [0.3, 0.4) is 0 Å². The van der Waals surface area contributed by atoms with Crippen molar-refractivity contribution in [2.75, 3.05) is 20.8 Å². The number of methoxy groups -OCH3 is 2. The number of hydrogen-bond acceptors (Lipinski definition) is 7. The minimum atomic E-state index is -2.59. The molecule has 1 aromatic heterocycles. The number of carbonyl (C=O) groups is 1. The van der Waals surface area contributed by atoms with Gasteiger partial charge in [-0.15, -0.1) is 0 Å². The third kappa shape index (κ3) is 4.81. The molecule has 0 bridgehead atoms. The topological polar surface area (TPSA) is 99.4 Å². The summed E-state index contributed by atoms with van der Waals surface area (Å²) in [7, 11) is -1.16. The number of benzene rings is 1. The molecular weight excluding hydrogens is 390 g/mol. The first kappa shape index (κ1) is 17.9. The van der Waals surface area contributed by atoms with Crippen LogP contribution in [0.1, 0.15) is 48.3 Å². The molecule has 1 aliphatic carbocycles. The molecule has 3 rings (SSSR count). The first-order valence-corrected chi connectivity index (χ1v) is 9.88. The molecule has 1 fully saturated rings. The van der Waals surface area contributed by atoms with E-state index in [0.29, 0.717) is 25.2 Å². The molecule has 0 radical (unpaired) electrons. The molecule has 0 amide bonds. The van der Waals surface area contributed by atoms with E-state index in [0.717, 1.165) is 24.8 Å². The maximum Gasteiger partial charge on any atom is 0.308 e. The van der Waals surface area contributed by atoms with Crippen molar-refractivity contribution in [1.29, 1.82) is 0 Å². The summed E-state index contributed by atoms with van der Waals surface area (Å²) in [4.78, 5) is 11.2. The van der Waals surface area contributed by atoms with Crippen LogP contribution in [0.25, 0.3) is 0 Å². The lowest BCUT2D eigenvalue weighted by molar-refractivity contribution is -0.132. The van der Waals surface area contributed by atoms with E-state index in [4.69, 9.17) is 23.1 Å². The molecular formula is C22H29NO7. The Kier molecular flexibility index (Phi) is 5.83. The second-order valence-corrected chi connectivity index (χ2v) is 7.25. The molecule has 2 aromatic rings. The lowest BCUT2D eigenvalue weighted by Crippen LogP contribution is -2.30. The van der Waals surface area contributed by atoms with E-state index < -0.39 is 13.0 Å². The van der Waals surface area contributed by atoms with E-state index in [1.54, 1.807) is 12.1 Å². The maximum atomic E-state index is 11.2. The molecule has 0 unspecified atom stereocenters. The maximum absolute atomic E-state index is 11.2. The zero-order valence-corrected chi connectivity index (χ0v) is 17.1. The number of hydrogen-bond donors (Lipinski definition) is 2. The molecule has 1 heterocycles. The van der Waals surface area contributed by atoms with Crippen LogP contribution in [0.15, 0.2) is 24.3 Å². The van der Waals surface area contributed by atoms with Gasteiger partial charge in [-0.2, -0.15) is 0 Å². The summed E-state index contributed by atoms with van der Waals surface area (Å²) in [6, 6.07) is 5.95. The van der Waals surface area contributed by atoms with E-state index >= 15 is 0 Å². The summed E-state index contributed by atoms with van der Waals surface area (Å²) in [6.45, 7) is 1.55. The van der Waals surface area contributed by atoms with E-state index in [1.165, 1.54) is 24.7 Å². The summed E-state index contributed by atoms with van der Waals surface area (Å²) < 4.78 is 44.6. The molecule has 8 nitrogen and oxygen atoms in total. The normalized spacial score (nSPS) is 20.7. The first-order valence-electron chi connectivity index (χ1n) is 11.4. The van der Waals surface area contributed by atoms with Crippen LogP contribution in [-0.4, -0.2) is 47.6 Å². The third-order valence-electron chi connectivity index (χ3n) is 5.27. The Morgan fingerprint density at radius 2 is 1.97 bits per heavy atom. The summed E-state index contributed by atoms with van der Waals surface area (Å²) >= 11 is 0. The quantitative estimate of drug-likeness (QED) is 0.627. The summed E-state index contributed by atoms with van der Waals surface area (Å²) in [6.07, 6.45) is 3.48. The van der Waals surface area contributed by atoms with Crippen LogP contribution < -0.4 is 14.2 Å². The van der Waals surface area contributed by atoms with Gasteiger partial charge in [0.15, 0.2) is 23.1 Å². The van der Waals surface area contributed by atoms with Crippen molar-refractivity contribution < 1.29 is 38.1 Å². The molecule has 30 heavy (non-hydrogen) atoms. The van der Waals surface area contributed by atoms with Crippen molar-refractivity contribution in [3.63, 3.8) is 0 Å². The van der Waals surface area contributed by atoms with Gasteiger partial charge in [0.25, 0.3) is 0 Å². The van der Waals surface area contributed by atoms with Gasteiger partial charge in [0.05, 0.1) is 37.0 Å². The van der Waals surface area contributed by atoms with E-state index in [2.05, 4.69) is 0 Å². The molecule has 1 aromatic carbocycles. The molecule has 164 valence electrons. The van der Waals surface area contributed by atoms with E-state index in [-0.39, 0.29) is 35.4 Å². The van der Waals surface area contributed by atoms with Crippen LogP contribution in [0, 0.1) is 0 Å². The van der Waals surface area contributed by atoms with Gasteiger partial charge in [0, 0.05) is 13.0 Å². The van der Waals surface area contributed by atoms with Gasteiger partial charge in [0.2, 0.25) is 5.88 Å². The fourth-order valence-corrected chi connectivity index (χ4v) is 3.89. The van der Waals surface area contributed by atoms with E-state index in [1.807, 2.05) is 6.07 Å². The number of esters is 1. The van der Waals surface area contributed by atoms with Gasteiger partial charge < -0.3 is 29.2 Å². The Morgan fingerprint density at radius 3 is 2.70 bits per heavy atom. The van der Waals surface area contributed by atoms with Crippen LogP contribution >= 0.6 is 0 Å². The van der Waals surface area contributed by atoms with Gasteiger partial charge in [-0.3, -0.25) is 9.36 Å². The SMILES string of the molecule is [2H]C([2H])([2H])Oc1cc(CCO[C@@H]2CCCC[C@H]2n2c(O)cc(OC(C)=O)c2O)ccc1OC. The second-order valence-electron chi connectivity index (χ2n) is 7.25.